The first kappa shape index (κ1) is 10.9. The molecule has 0 aromatic carbocycles. The summed E-state index contributed by atoms with van der Waals surface area (Å²) < 4.78 is 2.12. The number of fused-ring (bicyclic) bond motifs is 1. The maximum Gasteiger partial charge on any atom is 0.137 e. The van der Waals surface area contributed by atoms with E-state index in [2.05, 4.69) is 53.7 Å². The Morgan fingerprint density at radius 1 is 1.44 bits per heavy atom. The zero-order chi connectivity index (χ0) is 11.4. The van der Waals surface area contributed by atoms with Crippen LogP contribution in [0.5, 0.6) is 0 Å². The molecule has 0 aliphatic heterocycles. The van der Waals surface area contributed by atoms with Gasteiger partial charge in [-0.3, -0.25) is 0 Å². The second-order valence-corrected chi connectivity index (χ2v) is 4.16. The van der Waals surface area contributed by atoms with Crippen LogP contribution in [-0.2, 0) is 0 Å². The second-order valence-electron chi connectivity index (χ2n) is 4.16. The van der Waals surface area contributed by atoms with Gasteiger partial charge in [-0.25, -0.2) is 4.98 Å². The summed E-state index contributed by atoms with van der Waals surface area (Å²) in [5.74, 6) is 0. The molecular formula is C14H18N2. The number of pyridine rings is 1. The fraction of sp³-hybridized carbons (Fsp3) is 0.357. The van der Waals surface area contributed by atoms with Crippen LogP contribution < -0.4 is 0 Å². The first-order valence-electron chi connectivity index (χ1n) is 5.91. The highest BCUT2D eigenvalue weighted by Crippen LogP contribution is 2.10. The van der Waals surface area contributed by atoms with Crippen molar-refractivity contribution in [1.82, 2.24) is 9.38 Å². The summed E-state index contributed by atoms with van der Waals surface area (Å²) in [5, 5.41) is 0. The molecule has 2 heteroatoms. The monoisotopic (exact) mass is 214 g/mol. The summed E-state index contributed by atoms with van der Waals surface area (Å²) in [4.78, 5) is 4.39. The molecule has 84 valence electrons. The average Bonchev–Trinajstić information content (AvgIpc) is 2.67. The number of aromatic nitrogens is 2. The molecule has 2 aromatic rings. The number of unbranched alkanes of at least 4 members (excludes halogenated alkanes) is 2. The summed E-state index contributed by atoms with van der Waals surface area (Å²) in [6.07, 6.45) is 12.0. The van der Waals surface area contributed by atoms with Gasteiger partial charge in [-0.05, 0) is 37.1 Å². The van der Waals surface area contributed by atoms with Crippen LogP contribution in [0.15, 0.2) is 30.6 Å². The molecule has 2 heterocycles. The van der Waals surface area contributed by atoms with Crippen LogP contribution >= 0.6 is 0 Å². The van der Waals surface area contributed by atoms with Crippen molar-refractivity contribution in [3.05, 3.63) is 41.9 Å². The van der Waals surface area contributed by atoms with E-state index in [0.717, 1.165) is 17.8 Å². The lowest BCUT2D eigenvalue weighted by molar-refractivity contribution is 0.816. The van der Waals surface area contributed by atoms with E-state index in [1.807, 2.05) is 6.20 Å². The number of hydrogen-bond acceptors (Lipinski definition) is 1. The lowest BCUT2D eigenvalue weighted by Crippen LogP contribution is -1.87. The van der Waals surface area contributed by atoms with Gasteiger partial charge in [0.2, 0.25) is 0 Å². The van der Waals surface area contributed by atoms with Crippen LogP contribution in [0.1, 0.15) is 37.4 Å². The van der Waals surface area contributed by atoms with Crippen LogP contribution in [0.2, 0.25) is 0 Å². The maximum absolute atomic E-state index is 4.39. The molecule has 0 saturated heterocycles. The molecule has 2 rings (SSSR count). The molecule has 0 radical (unpaired) electrons. The van der Waals surface area contributed by atoms with Gasteiger partial charge in [0.1, 0.15) is 5.65 Å². The van der Waals surface area contributed by atoms with E-state index in [4.69, 9.17) is 0 Å². The summed E-state index contributed by atoms with van der Waals surface area (Å²) in [7, 11) is 0. The van der Waals surface area contributed by atoms with Crippen molar-refractivity contribution in [1.29, 1.82) is 0 Å². The van der Waals surface area contributed by atoms with Gasteiger partial charge in [-0.1, -0.05) is 25.8 Å². The van der Waals surface area contributed by atoms with Crippen LogP contribution in [0.25, 0.3) is 11.7 Å². The number of aryl methyl sites for hydroxylation is 1. The smallest absolute Gasteiger partial charge is 0.137 e. The molecule has 0 unspecified atom stereocenters. The van der Waals surface area contributed by atoms with Crippen molar-refractivity contribution in [2.45, 2.75) is 33.1 Å². The van der Waals surface area contributed by atoms with Crippen molar-refractivity contribution in [2.75, 3.05) is 0 Å². The highest BCUT2D eigenvalue weighted by Gasteiger charge is 1.98. The van der Waals surface area contributed by atoms with E-state index in [-0.39, 0.29) is 0 Å². The molecule has 0 aliphatic rings. The van der Waals surface area contributed by atoms with E-state index in [1.54, 1.807) is 0 Å². The van der Waals surface area contributed by atoms with E-state index < -0.39 is 0 Å². The number of allylic oxidation sites excluding steroid dienone is 1. The number of hydrogen-bond donors (Lipinski definition) is 0. The number of imidazole rings is 1. The van der Waals surface area contributed by atoms with Gasteiger partial charge >= 0.3 is 0 Å². The van der Waals surface area contributed by atoms with Crippen molar-refractivity contribution in [3.8, 4) is 0 Å². The van der Waals surface area contributed by atoms with Gasteiger partial charge in [-0.15, -0.1) is 0 Å². The van der Waals surface area contributed by atoms with Crippen molar-refractivity contribution < 1.29 is 0 Å². The lowest BCUT2D eigenvalue weighted by atomic mass is 10.2. The zero-order valence-corrected chi connectivity index (χ0v) is 9.98. The van der Waals surface area contributed by atoms with Gasteiger partial charge in [0, 0.05) is 6.20 Å². The standard InChI is InChI=1S/C14H18N2/c1-3-4-5-6-7-13-11-15-14-10-12(2)8-9-16(13)14/h6-11H,3-5H2,1-2H3/b7-6+. The van der Waals surface area contributed by atoms with Crippen LogP contribution in [0, 0.1) is 6.92 Å². The van der Waals surface area contributed by atoms with E-state index in [0.29, 0.717) is 0 Å². The Morgan fingerprint density at radius 3 is 3.12 bits per heavy atom. The SMILES string of the molecule is CCCC/C=C/c1cnc2cc(C)ccn12. The van der Waals surface area contributed by atoms with E-state index in [1.165, 1.54) is 18.4 Å². The Morgan fingerprint density at radius 2 is 2.31 bits per heavy atom. The minimum Gasteiger partial charge on any atom is -0.300 e. The molecule has 2 nitrogen and oxygen atoms in total. The van der Waals surface area contributed by atoms with Gasteiger partial charge in [0.25, 0.3) is 0 Å². The summed E-state index contributed by atoms with van der Waals surface area (Å²) in [5.41, 5.74) is 3.43. The van der Waals surface area contributed by atoms with Crippen LogP contribution in [0.3, 0.4) is 0 Å². The quantitative estimate of drug-likeness (QED) is 0.707. The van der Waals surface area contributed by atoms with Gasteiger partial charge in [0.15, 0.2) is 0 Å². The van der Waals surface area contributed by atoms with Crippen molar-refractivity contribution in [2.24, 2.45) is 0 Å². The number of rotatable bonds is 4. The molecular weight excluding hydrogens is 196 g/mol. The molecule has 0 bridgehead atoms. The highest BCUT2D eigenvalue weighted by molar-refractivity contribution is 5.53. The molecule has 0 amide bonds. The normalized spacial score (nSPS) is 11.6. The topological polar surface area (TPSA) is 17.3 Å². The molecule has 16 heavy (non-hydrogen) atoms. The third kappa shape index (κ3) is 2.32. The Bertz CT molecular complexity index is 494. The molecule has 0 spiro atoms. The Labute approximate surface area is 96.6 Å². The highest BCUT2D eigenvalue weighted by atomic mass is 15.0. The van der Waals surface area contributed by atoms with Crippen LogP contribution in [0.4, 0.5) is 0 Å². The second kappa shape index (κ2) is 4.97. The minimum atomic E-state index is 1.02. The fourth-order valence-corrected chi connectivity index (χ4v) is 1.75. The Balaban J connectivity index is 2.22. The largest absolute Gasteiger partial charge is 0.300 e. The van der Waals surface area contributed by atoms with Crippen molar-refractivity contribution in [3.63, 3.8) is 0 Å². The third-order valence-electron chi connectivity index (χ3n) is 2.71. The first-order valence-corrected chi connectivity index (χ1v) is 5.91. The zero-order valence-electron chi connectivity index (χ0n) is 9.98. The molecule has 0 fully saturated rings. The van der Waals surface area contributed by atoms with Crippen molar-refractivity contribution >= 4 is 11.7 Å². The molecule has 0 saturated carbocycles. The predicted octanol–water partition coefficient (Wildman–Crippen LogP) is 3.85. The summed E-state index contributed by atoms with van der Waals surface area (Å²) >= 11 is 0. The van der Waals surface area contributed by atoms with E-state index >= 15 is 0 Å². The predicted molar refractivity (Wildman–Crippen MR) is 68.5 cm³/mol. The summed E-state index contributed by atoms with van der Waals surface area (Å²) in [6.45, 7) is 4.30. The van der Waals surface area contributed by atoms with Gasteiger partial charge in [-0.2, -0.15) is 0 Å². The fourth-order valence-electron chi connectivity index (χ4n) is 1.75. The number of nitrogens with zero attached hydrogens (tertiary/aromatic N) is 2. The van der Waals surface area contributed by atoms with Crippen LogP contribution in [-0.4, -0.2) is 9.38 Å². The molecule has 0 atom stereocenters. The Kier molecular flexibility index (Phi) is 3.40. The average molecular weight is 214 g/mol. The lowest BCUT2D eigenvalue weighted by Gasteiger charge is -1.97. The summed E-state index contributed by atoms with van der Waals surface area (Å²) in [6, 6.07) is 4.21. The minimum absolute atomic E-state index is 1.02. The molecule has 0 aliphatic carbocycles. The van der Waals surface area contributed by atoms with Gasteiger partial charge in [0.05, 0.1) is 11.9 Å². The molecule has 2 aromatic heterocycles. The maximum atomic E-state index is 4.39. The van der Waals surface area contributed by atoms with E-state index in [9.17, 15) is 0 Å². The molecule has 0 N–H and O–H groups in total. The van der Waals surface area contributed by atoms with Gasteiger partial charge < -0.3 is 4.40 Å². The Hall–Kier alpha value is -1.57. The third-order valence-corrected chi connectivity index (χ3v) is 2.71. The first-order chi connectivity index (χ1) is 7.81.